The number of aliphatic hydroxyl groups is 2. The van der Waals surface area contributed by atoms with E-state index in [1.54, 1.807) is 13.0 Å². The van der Waals surface area contributed by atoms with Crippen molar-refractivity contribution >= 4 is 40.9 Å². The van der Waals surface area contributed by atoms with Gasteiger partial charge >= 0.3 is 11.9 Å². The van der Waals surface area contributed by atoms with Gasteiger partial charge in [0.2, 0.25) is 11.7 Å². The average Bonchev–Trinajstić information content (AvgIpc) is 3.31. The lowest BCUT2D eigenvalue weighted by atomic mass is 9.46. The number of amides is 1. The van der Waals surface area contributed by atoms with Gasteiger partial charge in [-0.1, -0.05) is 31.6 Å². The van der Waals surface area contributed by atoms with E-state index >= 15 is 0 Å². The van der Waals surface area contributed by atoms with Crippen molar-refractivity contribution in [3.05, 3.63) is 51.6 Å². The molecule has 0 heterocycles. The number of benzene rings is 1. The molecule has 258 valence electrons. The number of carbonyl (C=O) groups is 6. The molecule has 0 aliphatic heterocycles. The van der Waals surface area contributed by atoms with Gasteiger partial charge in [-0.15, -0.1) is 0 Å². The molecule has 5 rings (SSSR count). The van der Waals surface area contributed by atoms with Crippen molar-refractivity contribution in [1.82, 2.24) is 5.32 Å². The van der Waals surface area contributed by atoms with Crippen LogP contribution in [0.5, 0.6) is 0 Å². The number of hydrogen-bond acceptors (Lipinski definition) is 11. The zero-order valence-corrected chi connectivity index (χ0v) is 26.8. The van der Waals surface area contributed by atoms with Gasteiger partial charge in [0.25, 0.3) is 5.69 Å². The molecule has 14 nitrogen and oxygen atoms in total. The van der Waals surface area contributed by atoms with Crippen LogP contribution in [0, 0.1) is 38.7 Å². The second-order valence-corrected chi connectivity index (χ2v) is 14.1. The molecule has 1 aromatic rings. The zero-order valence-electron chi connectivity index (χ0n) is 26.8. The van der Waals surface area contributed by atoms with Crippen LogP contribution in [0.3, 0.4) is 0 Å². The standard InChI is InChI=1S/C34H40N2O12/c1-32-12-10-21(37)15-19(32)6-7-22-23-11-13-34(45,33(23,2)16-24(38)28(22)32)25(39)17-48-27(41)9-8-26(40)35-29(31(43)44)30(42)18-4-3-5-20(14-18)36(46)47/h3-5,14-15,22-23,28-30,42,45H,6-13,16-17H2,1-2H3,(H,35,40)(H,43,44). The van der Waals surface area contributed by atoms with Crippen molar-refractivity contribution in [3.8, 4) is 0 Å². The molecule has 8 unspecified atom stereocenters. The smallest absolute Gasteiger partial charge is 0.329 e. The molecule has 4 N–H and O–H groups in total. The molecule has 3 fully saturated rings. The molecular formula is C34H40N2O12. The fraction of sp³-hybridized carbons (Fsp3) is 0.588. The summed E-state index contributed by atoms with van der Waals surface area (Å²) in [6, 6.07) is 2.77. The lowest BCUT2D eigenvalue weighted by Gasteiger charge is -2.57. The van der Waals surface area contributed by atoms with E-state index in [1.165, 1.54) is 12.1 Å². The van der Waals surface area contributed by atoms with E-state index < -0.39 is 76.6 Å². The Morgan fingerprint density at radius 2 is 1.83 bits per heavy atom. The number of ether oxygens (including phenoxy) is 1. The Morgan fingerprint density at radius 3 is 2.52 bits per heavy atom. The number of rotatable bonds is 11. The summed E-state index contributed by atoms with van der Waals surface area (Å²) in [5.41, 5.74) is -2.89. The highest BCUT2D eigenvalue weighted by Crippen LogP contribution is 2.66. The number of allylic oxidation sites excluding steroid dienone is 1. The Labute approximate surface area is 276 Å². The predicted molar refractivity (Wildman–Crippen MR) is 165 cm³/mol. The van der Waals surface area contributed by atoms with E-state index in [1.807, 2.05) is 0 Å². The summed E-state index contributed by atoms with van der Waals surface area (Å²) < 4.78 is 5.11. The first-order valence-electron chi connectivity index (χ1n) is 16.1. The van der Waals surface area contributed by atoms with Crippen molar-refractivity contribution in [2.24, 2.45) is 28.6 Å². The summed E-state index contributed by atoms with van der Waals surface area (Å²) in [5.74, 6) is -4.68. The number of aliphatic hydroxyl groups excluding tert-OH is 1. The third-order valence-electron chi connectivity index (χ3n) is 11.5. The molecule has 3 saturated carbocycles. The average molecular weight is 669 g/mol. The first kappa shape index (κ1) is 35.0. The number of nitro benzene ring substituents is 1. The Morgan fingerprint density at radius 1 is 1.10 bits per heavy atom. The number of nitrogens with zero attached hydrogens (tertiary/aromatic N) is 1. The van der Waals surface area contributed by atoms with E-state index in [0.717, 1.165) is 17.7 Å². The van der Waals surface area contributed by atoms with E-state index in [-0.39, 0.29) is 53.4 Å². The number of carboxylic acid groups (broad SMARTS) is 1. The Kier molecular flexibility index (Phi) is 9.45. The van der Waals surface area contributed by atoms with Crippen molar-refractivity contribution in [2.75, 3.05) is 6.61 Å². The number of carbonyl (C=O) groups excluding carboxylic acids is 5. The van der Waals surface area contributed by atoms with Crippen LogP contribution in [0.15, 0.2) is 35.9 Å². The molecule has 14 heteroatoms. The third kappa shape index (κ3) is 6.07. The number of hydrogen-bond donors (Lipinski definition) is 4. The SMILES string of the molecule is CC12CCC(=O)C=C1CCC1C2C(=O)CC2(C)C1CCC2(O)C(=O)COC(=O)CCC(=O)NC(C(=O)O)C(O)c1cccc([N+](=O)[O-])c1. The number of fused-ring (bicyclic) bond motifs is 5. The van der Waals surface area contributed by atoms with Crippen molar-refractivity contribution in [1.29, 1.82) is 0 Å². The van der Waals surface area contributed by atoms with Crippen LogP contribution in [0.1, 0.15) is 83.3 Å². The molecule has 1 amide bonds. The van der Waals surface area contributed by atoms with Crippen LogP contribution >= 0.6 is 0 Å². The van der Waals surface area contributed by atoms with Gasteiger partial charge in [-0.3, -0.25) is 34.1 Å². The Hall–Kier alpha value is -4.30. The maximum absolute atomic E-state index is 13.8. The summed E-state index contributed by atoms with van der Waals surface area (Å²) in [5, 5.41) is 45.0. The van der Waals surface area contributed by atoms with Crippen molar-refractivity contribution in [2.45, 2.75) is 89.4 Å². The van der Waals surface area contributed by atoms with Crippen LogP contribution in [-0.4, -0.2) is 73.7 Å². The predicted octanol–water partition coefficient (Wildman–Crippen LogP) is 2.53. The summed E-state index contributed by atoms with van der Waals surface area (Å²) in [4.78, 5) is 86.4. The lowest BCUT2D eigenvalue weighted by Crippen LogP contribution is -2.61. The molecule has 48 heavy (non-hydrogen) atoms. The molecule has 0 bridgehead atoms. The summed E-state index contributed by atoms with van der Waals surface area (Å²) in [6.45, 7) is 3.02. The van der Waals surface area contributed by atoms with Crippen LogP contribution in [0.25, 0.3) is 0 Å². The molecule has 0 spiro atoms. The van der Waals surface area contributed by atoms with Crippen LogP contribution in [0.4, 0.5) is 5.69 Å². The van der Waals surface area contributed by atoms with Gasteiger partial charge in [-0.05, 0) is 61.0 Å². The minimum Gasteiger partial charge on any atom is -0.480 e. The van der Waals surface area contributed by atoms with Crippen molar-refractivity contribution < 1.29 is 53.7 Å². The van der Waals surface area contributed by atoms with Gasteiger partial charge in [-0.25, -0.2) is 4.79 Å². The molecule has 4 aliphatic rings. The van der Waals surface area contributed by atoms with Gasteiger partial charge in [0.1, 0.15) is 17.5 Å². The number of nitro groups is 1. The number of carboxylic acids is 1. The summed E-state index contributed by atoms with van der Waals surface area (Å²) >= 11 is 0. The molecule has 1 aromatic carbocycles. The Balaban J connectivity index is 1.17. The fourth-order valence-electron chi connectivity index (χ4n) is 8.93. The van der Waals surface area contributed by atoms with Crippen molar-refractivity contribution in [3.63, 3.8) is 0 Å². The first-order valence-corrected chi connectivity index (χ1v) is 16.1. The second-order valence-electron chi connectivity index (χ2n) is 14.1. The highest BCUT2D eigenvalue weighted by molar-refractivity contribution is 5.95. The highest BCUT2D eigenvalue weighted by Gasteiger charge is 2.68. The van der Waals surface area contributed by atoms with Gasteiger partial charge < -0.3 is 25.4 Å². The number of non-ortho nitro benzene ring substituents is 1. The number of esters is 1. The normalized spacial score (nSPS) is 32.1. The van der Waals surface area contributed by atoms with E-state index in [4.69, 9.17) is 4.74 Å². The number of ketones is 3. The number of Topliss-reactive ketones (excluding diaryl/α,β-unsaturated/α-hetero) is 2. The maximum atomic E-state index is 13.8. The van der Waals surface area contributed by atoms with Crippen LogP contribution in [-0.2, 0) is 33.5 Å². The molecular weight excluding hydrogens is 628 g/mol. The van der Waals surface area contributed by atoms with Gasteiger partial charge in [0.15, 0.2) is 18.4 Å². The molecule has 4 aliphatic carbocycles. The Bertz CT molecular complexity index is 1600. The topological polar surface area (TPSA) is 228 Å². The van der Waals surface area contributed by atoms with E-state index in [2.05, 4.69) is 12.2 Å². The monoisotopic (exact) mass is 668 g/mol. The third-order valence-corrected chi connectivity index (χ3v) is 11.5. The lowest BCUT2D eigenvalue weighted by molar-refractivity contribution is -0.385. The van der Waals surface area contributed by atoms with Crippen LogP contribution in [0.2, 0.25) is 0 Å². The van der Waals surface area contributed by atoms with Crippen LogP contribution < -0.4 is 5.32 Å². The minimum atomic E-state index is -1.91. The highest BCUT2D eigenvalue weighted by atomic mass is 16.6. The quantitative estimate of drug-likeness (QED) is 0.152. The van der Waals surface area contributed by atoms with Gasteiger partial charge in [0, 0.05) is 42.7 Å². The fourth-order valence-corrected chi connectivity index (χ4v) is 8.93. The molecule has 0 aromatic heterocycles. The summed E-state index contributed by atoms with van der Waals surface area (Å²) in [6.07, 6.45) is 1.71. The second kappa shape index (κ2) is 13.0. The first-order chi connectivity index (χ1) is 22.5. The van der Waals surface area contributed by atoms with Gasteiger partial charge in [-0.2, -0.15) is 0 Å². The largest absolute Gasteiger partial charge is 0.480 e. The van der Waals surface area contributed by atoms with Gasteiger partial charge in [0.05, 0.1) is 11.3 Å². The summed E-state index contributed by atoms with van der Waals surface area (Å²) in [7, 11) is 0. The number of aliphatic carboxylic acids is 1. The van der Waals surface area contributed by atoms with E-state index in [0.29, 0.717) is 32.1 Å². The maximum Gasteiger partial charge on any atom is 0.329 e. The zero-order chi connectivity index (χ0) is 35.2. The molecule has 0 saturated heterocycles. The van der Waals surface area contributed by atoms with E-state index in [9.17, 15) is 54.2 Å². The molecule has 0 radical (unpaired) electrons. The molecule has 8 atom stereocenters. The number of nitrogens with one attached hydrogen (secondary N) is 1. The minimum absolute atomic E-state index is 0.0149.